The number of aromatic nitrogens is 1. The van der Waals surface area contributed by atoms with E-state index in [2.05, 4.69) is 11.0 Å². The maximum Gasteiger partial charge on any atom is 0.269 e. The zero-order valence-electron chi connectivity index (χ0n) is 16.3. The van der Waals surface area contributed by atoms with Crippen molar-refractivity contribution in [2.75, 3.05) is 11.4 Å². The second-order valence-corrected chi connectivity index (χ2v) is 8.80. The van der Waals surface area contributed by atoms with Crippen LogP contribution >= 0.6 is 11.3 Å². The highest BCUT2D eigenvalue weighted by atomic mass is 32.1. The number of nitriles is 1. The molecular formula is C23H20N4O2S. The molecule has 1 fully saturated rings. The molecule has 1 saturated heterocycles. The van der Waals surface area contributed by atoms with Gasteiger partial charge in [0.05, 0.1) is 22.7 Å². The van der Waals surface area contributed by atoms with Gasteiger partial charge in [-0.05, 0) is 30.9 Å². The Morgan fingerprint density at radius 2 is 2.07 bits per heavy atom. The minimum atomic E-state index is -0.805. The van der Waals surface area contributed by atoms with Crippen LogP contribution in [0.5, 0.6) is 0 Å². The van der Waals surface area contributed by atoms with Crippen molar-refractivity contribution >= 4 is 22.7 Å². The van der Waals surface area contributed by atoms with E-state index in [9.17, 15) is 15.4 Å². The van der Waals surface area contributed by atoms with E-state index in [4.69, 9.17) is 4.98 Å². The van der Waals surface area contributed by atoms with Gasteiger partial charge in [-0.3, -0.25) is 10.1 Å². The lowest BCUT2D eigenvalue weighted by molar-refractivity contribution is -0.384. The predicted octanol–water partition coefficient (Wildman–Crippen LogP) is 5.09. The number of rotatable bonds is 3. The van der Waals surface area contributed by atoms with Gasteiger partial charge in [0.1, 0.15) is 10.4 Å². The molecule has 1 aromatic heterocycles. The maximum absolute atomic E-state index is 11.3. The van der Waals surface area contributed by atoms with Gasteiger partial charge in [-0.15, -0.1) is 11.3 Å². The number of hydrogen-bond acceptors (Lipinski definition) is 6. The monoisotopic (exact) mass is 416 g/mol. The van der Waals surface area contributed by atoms with Gasteiger partial charge < -0.3 is 4.90 Å². The van der Waals surface area contributed by atoms with Crippen LogP contribution in [-0.4, -0.2) is 22.5 Å². The van der Waals surface area contributed by atoms with Crippen molar-refractivity contribution < 1.29 is 4.92 Å². The first kappa shape index (κ1) is 18.8. The van der Waals surface area contributed by atoms with Crippen molar-refractivity contribution in [3.05, 3.63) is 74.6 Å². The van der Waals surface area contributed by atoms with Crippen molar-refractivity contribution in [1.82, 2.24) is 4.98 Å². The van der Waals surface area contributed by atoms with E-state index in [1.54, 1.807) is 12.1 Å². The summed E-state index contributed by atoms with van der Waals surface area (Å²) in [5, 5.41) is 24.6. The largest absolute Gasteiger partial charge is 0.366 e. The molecular weight excluding hydrogens is 396 g/mol. The molecule has 30 heavy (non-hydrogen) atoms. The number of nitro groups is 1. The van der Waals surface area contributed by atoms with Crippen molar-refractivity contribution in [2.24, 2.45) is 0 Å². The number of fused-ring (bicyclic) bond motifs is 3. The molecule has 5 rings (SSSR count). The van der Waals surface area contributed by atoms with Crippen LogP contribution in [-0.2, 0) is 11.8 Å². The van der Waals surface area contributed by atoms with Crippen LogP contribution in [0.4, 0.5) is 11.4 Å². The molecule has 2 aromatic carbocycles. The van der Waals surface area contributed by atoms with Crippen LogP contribution in [0.2, 0.25) is 0 Å². The number of non-ortho nitro benzene ring substituents is 1. The van der Waals surface area contributed by atoms with E-state index in [0.29, 0.717) is 6.42 Å². The Morgan fingerprint density at radius 3 is 2.83 bits per heavy atom. The molecule has 0 amide bonds. The number of anilines is 1. The summed E-state index contributed by atoms with van der Waals surface area (Å²) < 4.78 is 0. The van der Waals surface area contributed by atoms with Crippen LogP contribution in [0, 0.1) is 21.4 Å². The molecule has 3 heterocycles. The van der Waals surface area contributed by atoms with E-state index in [-0.39, 0.29) is 16.7 Å². The minimum Gasteiger partial charge on any atom is -0.366 e. The van der Waals surface area contributed by atoms with Crippen molar-refractivity contribution in [1.29, 1.82) is 5.26 Å². The van der Waals surface area contributed by atoms with Crippen molar-refractivity contribution in [3.8, 4) is 17.3 Å². The summed E-state index contributed by atoms with van der Waals surface area (Å²) in [6, 6.07) is 17.7. The third-order valence-electron chi connectivity index (χ3n) is 6.28. The zero-order chi connectivity index (χ0) is 20.7. The summed E-state index contributed by atoms with van der Waals surface area (Å²) in [7, 11) is 0. The second-order valence-electron chi connectivity index (χ2n) is 7.94. The van der Waals surface area contributed by atoms with Crippen LogP contribution in [0.3, 0.4) is 0 Å². The summed E-state index contributed by atoms with van der Waals surface area (Å²) in [6.07, 6.45) is 3.50. The number of piperidine rings is 1. The van der Waals surface area contributed by atoms with E-state index in [1.807, 2.05) is 41.8 Å². The van der Waals surface area contributed by atoms with Gasteiger partial charge >= 0.3 is 0 Å². The summed E-state index contributed by atoms with van der Waals surface area (Å²) in [5.74, 6) is 0. The van der Waals surface area contributed by atoms with Crippen LogP contribution in [0.15, 0.2) is 53.9 Å². The Kier molecular flexibility index (Phi) is 4.52. The highest BCUT2D eigenvalue weighted by Crippen LogP contribution is 2.48. The lowest BCUT2D eigenvalue weighted by atomic mass is 9.69. The Bertz CT molecular complexity index is 1150. The van der Waals surface area contributed by atoms with Crippen molar-refractivity contribution in [3.63, 3.8) is 0 Å². The highest BCUT2D eigenvalue weighted by molar-refractivity contribution is 7.10. The van der Waals surface area contributed by atoms with Crippen LogP contribution in [0.25, 0.3) is 11.3 Å². The number of hydrogen-bond donors (Lipinski definition) is 0. The van der Waals surface area contributed by atoms with Crippen LogP contribution < -0.4 is 4.90 Å². The van der Waals surface area contributed by atoms with Gasteiger partial charge in [0.15, 0.2) is 0 Å². The topological polar surface area (TPSA) is 83.1 Å². The summed E-state index contributed by atoms with van der Waals surface area (Å²) in [5.41, 5.74) is 3.05. The molecule has 7 heteroatoms. The summed E-state index contributed by atoms with van der Waals surface area (Å²) in [4.78, 5) is 18.2. The molecule has 0 saturated carbocycles. The fourth-order valence-electron chi connectivity index (χ4n) is 4.86. The Hall–Kier alpha value is -3.24. The van der Waals surface area contributed by atoms with E-state index < -0.39 is 5.41 Å². The zero-order valence-corrected chi connectivity index (χ0v) is 17.1. The first-order valence-corrected chi connectivity index (χ1v) is 11.0. The Labute approximate surface area is 178 Å². The fraction of sp³-hybridized carbons (Fsp3) is 0.304. The van der Waals surface area contributed by atoms with Crippen LogP contribution in [0.1, 0.15) is 29.8 Å². The van der Waals surface area contributed by atoms with E-state index >= 15 is 0 Å². The van der Waals surface area contributed by atoms with Gasteiger partial charge in [-0.25, -0.2) is 4.98 Å². The lowest BCUT2D eigenvalue weighted by Gasteiger charge is -2.49. The molecule has 0 N–H and O–H groups in total. The predicted molar refractivity (Wildman–Crippen MR) is 117 cm³/mol. The molecule has 3 aromatic rings. The molecule has 2 atom stereocenters. The number of nitro benzene ring substituents is 1. The summed E-state index contributed by atoms with van der Waals surface area (Å²) >= 11 is 1.52. The van der Waals surface area contributed by atoms with Gasteiger partial charge in [-0.1, -0.05) is 30.3 Å². The smallest absolute Gasteiger partial charge is 0.269 e. The maximum atomic E-state index is 11.3. The number of nitrogens with zero attached hydrogens (tertiary/aromatic N) is 4. The van der Waals surface area contributed by atoms with E-state index in [1.165, 1.54) is 11.3 Å². The molecule has 6 nitrogen and oxygen atoms in total. The highest BCUT2D eigenvalue weighted by Gasteiger charge is 2.51. The van der Waals surface area contributed by atoms with Gasteiger partial charge in [0, 0.05) is 41.7 Å². The van der Waals surface area contributed by atoms with Gasteiger partial charge in [0.25, 0.3) is 5.69 Å². The molecule has 0 aliphatic carbocycles. The van der Waals surface area contributed by atoms with Crippen molar-refractivity contribution in [2.45, 2.75) is 37.1 Å². The SMILES string of the molecule is N#C[C@@]1(c2nc(-c3ccccc3)cs2)Cc2cc([N+](=O)[O-])ccc2N2CCCC[C@@H]21. The van der Waals surface area contributed by atoms with Gasteiger partial charge in [-0.2, -0.15) is 5.26 Å². The standard InChI is InChI=1S/C23H20N4O2S/c24-15-23(22-25-19(14-30-22)16-6-2-1-3-7-16)13-17-12-18(27(28)29)9-10-20(17)26-11-5-4-8-21(23)26/h1-3,6-7,9-10,12,14,21H,4-5,8,11,13H2/t21-,23+/m1/s1. The third-order valence-corrected chi connectivity index (χ3v) is 7.30. The van der Waals surface area contributed by atoms with Gasteiger partial charge in [0.2, 0.25) is 0 Å². The molecule has 2 aliphatic rings. The molecule has 0 radical (unpaired) electrons. The number of benzene rings is 2. The third kappa shape index (κ3) is 2.87. The molecule has 150 valence electrons. The minimum absolute atomic E-state index is 0.0278. The Balaban J connectivity index is 1.64. The lowest BCUT2D eigenvalue weighted by Crippen LogP contribution is -2.56. The van der Waals surface area contributed by atoms with E-state index in [0.717, 1.165) is 53.3 Å². The molecule has 0 spiro atoms. The molecule has 2 aliphatic heterocycles. The Morgan fingerprint density at radius 1 is 1.23 bits per heavy atom. The second kappa shape index (κ2) is 7.22. The average Bonchev–Trinajstić information content (AvgIpc) is 3.29. The first-order chi connectivity index (χ1) is 14.6. The molecule has 0 bridgehead atoms. The fourth-order valence-corrected chi connectivity index (χ4v) is 5.89. The number of thiazole rings is 1. The normalized spacial score (nSPS) is 22.6. The first-order valence-electron chi connectivity index (χ1n) is 10.1. The quantitative estimate of drug-likeness (QED) is 0.438. The average molecular weight is 417 g/mol. The summed E-state index contributed by atoms with van der Waals surface area (Å²) in [6.45, 7) is 0.857. The molecule has 0 unspecified atom stereocenters.